The second kappa shape index (κ2) is 39.4. The highest BCUT2D eigenvalue weighted by molar-refractivity contribution is 5.99. The van der Waals surface area contributed by atoms with Gasteiger partial charge in [-0.1, -0.05) is 58.0 Å². The summed E-state index contributed by atoms with van der Waals surface area (Å²) in [7, 11) is 0. The van der Waals surface area contributed by atoms with Crippen molar-refractivity contribution in [2.75, 3.05) is 57.3 Å². The number of nitrogens with one attached hydrogen (secondary N) is 11. The molecular formula is C63H90N16O17. The number of hydrogen-bond acceptors (Lipinski definition) is 21. The summed E-state index contributed by atoms with van der Waals surface area (Å²) in [5.41, 5.74) is 6.58. The highest BCUT2D eigenvalue weighted by atomic mass is 16.6. The second-order valence-corrected chi connectivity index (χ2v) is 24.1. The summed E-state index contributed by atoms with van der Waals surface area (Å²) >= 11 is 0. The Hall–Kier alpha value is -10.3. The van der Waals surface area contributed by atoms with Gasteiger partial charge in [0.2, 0.25) is 53.2 Å². The largest absolute Gasteiger partial charge is 0.460 e. The number of cyclic esters (lactones) is 1. The maximum absolute atomic E-state index is 14.7. The first-order valence-electron chi connectivity index (χ1n) is 31.4. The first kappa shape index (κ1) is 78.1. The van der Waals surface area contributed by atoms with Crippen LogP contribution in [0.5, 0.6) is 0 Å². The van der Waals surface area contributed by atoms with Gasteiger partial charge in [0.1, 0.15) is 54.6 Å². The fourth-order valence-electron chi connectivity index (χ4n) is 9.21. The molecule has 0 radical (unpaired) electrons. The molecule has 33 nitrogen and oxygen atoms in total. The third-order valence-electron chi connectivity index (χ3n) is 14.2. The van der Waals surface area contributed by atoms with Crippen LogP contribution >= 0.6 is 0 Å². The molecule has 13 N–H and O–H groups in total. The van der Waals surface area contributed by atoms with Crippen molar-refractivity contribution < 1.29 is 76.7 Å². The lowest BCUT2D eigenvalue weighted by molar-refractivity contribution is -0.384. The number of hydrogen-bond donors (Lipinski definition) is 12. The standard InChI is InChI=1S/C63H90N16O17/c1-10-78(43-23-19-41(20-24-43)76-77-42-21-25-44(26-22-42)79(92)93)29-28-65-34-51(82)74-53(38(4)5)60(89)72-47-31-52(83)95-39(6)54(75-62(91)94-36-40-16-12-11-13-17-40)59(88)68-32-48(58(87)71-46(30-37(2)3)55(84)69-35-50(81)67-33-49(64)80)73-56(85)45(70-57(47)86)18-14-15-27-66-61(90)96-63(7,8)9/h11-13,16-17,19-26,37-39,45-48,53-54,65H,10,14-15,18,27-36H2,1-9H3,(H2,64,80)(H,66,90)(H,67,81)(H,68,88)(H,69,84)(H,70,86)(H,71,87)(H,72,89)(H,73,85)(H,74,82)(H,75,91)/t39-,45+,46+,47+,48+,53+,54+/m1/s1. The number of carbonyl (C=O) groups is 12. The van der Waals surface area contributed by atoms with Gasteiger partial charge in [-0.2, -0.15) is 10.2 Å². The number of non-ortho nitro benzene ring substituents is 1. The first-order chi connectivity index (χ1) is 45.4. The van der Waals surface area contributed by atoms with Crippen LogP contribution in [-0.2, 0) is 68.8 Å². The zero-order chi connectivity index (χ0) is 71.1. The minimum absolute atomic E-state index is 0.0290. The lowest BCUT2D eigenvalue weighted by atomic mass is 10.0. The lowest BCUT2D eigenvalue weighted by Crippen LogP contribution is -2.62. The molecule has 7 atom stereocenters. The van der Waals surface area contributed by atoms with E-state index < -0.39 is 156 Å². The van der Waals surface area contributed by atoms with E-state index in [2.05, 4.69) is 68.7 Å². The highest BCUT2D eigenvalue weighted by Gasteiger charge is 2.38. The predicted octanol–water partition coefficient (Wildman–Crippen LogP) is 1.71. The van der Waals surface area contributed by atoms with Crippen LogP contribution in [-0.4, -0.2) is 177 Å². The Morgan fingerprint density at radius 1 is 0.760 bits per heavy atom. The van der Waals surface area contributed by atoms with Gasteiger partial charge in [-0.15, -0.1) is 0 Å². The molecule has 0 unspecified atom stereocenters. The third kappa shape index (κ3) is 28.9. The van der Waals surface area contributed by atoms with Crippen LogP contribution in [0.25, 0.3) is 0 Å². The van der Waals surface area contributed by atoms with E-state index in [0.717, 1.165) is 5.69 Å². The summed E-state index contributed by atoms with van der Waals surface area (Å²) < 4.78 is 16.4. The van der Waals surface area contributed by atoms with Crippen molar-refractivity contribution in [3.63, 3.8) is 0 Å². The maximum Gasteiger partial charge on any atom is 0.408 e. The Balaban J connectivity index is 1.62. The summed E-state index contributed by atoms with van der Waals surface area (Å²) in [6, 6.07) is 11.5. The van der Waals surface area contributed by atoms with Gasteiger partial charge in [0, 0.05) is 50.5 Å². The Bertz CT molecular complexity index is 3180. The van der Waals surface area contributed by atoms with Crippen molar-refractivity contribution in [1.29, 1.82) is 0 Å². The van der Waals surface area contributed by atoms with Crippen LogP contribution in [0.4, 0.5) is 32.3 Å². The molecule has 96 heavy (non-hydrogen) atoms. The molecule has 3 aromatic rings. The number of azo groups is 1. The number of nitro groups is 1. The SMILES string of the molecule is CCN(CCNCC(=O)N[C@H](C(=O)N[C@H]1CC(=O)O[C@H](C)[C@H](NC(=O)OCc2ccccc2)C(=O)NC[C@@H](C(=O)N[C@@H](CC(C)C)C(=O)NCC(=O)NCC(N)=O)NC(=O)[C@H](CCCCNC(=O)OC(C)(C)C)NC1=O)C(C)C)c1ccc(N=Nc2ccc([N+](=O)[O-])cc2)cc1. The van der Waals surface area contributed by atoms with Crippen molar-refractivity contribution in [2.45, 2.75) is 149 Å². The van der Waals surface area contributed by atoms with E-state index >= 15 is 0 Å². The van der Waals surface area contributed by atoms with E-state index in [-0.39, 0.29) is 57.0 Å². The van der Waals surface area contributed by atoms with E-state index in [4.69, 9.17) is 19.9 Å². The Morgan fingerprint density at radius 3 is 2.02 bits per heavy atom. The minimum atomic E-state index is -1.88. The Labute approximate surface area is 555 Å². The number of nitrogens with zero attached hydrogens (tertiary/aromatic N) is 4. The van der Waals surface area contributed by atoms with Crippen LogP contribution in [0, 0.1) is 22.0 Å². The number of carbonyl (C=O) groups excluding carboxylic acids is 12. The average molecular weight is 1340 g/mol. The summed E-state index contributed by atoms with van der Waals surface area (Å²) in [5.74, 6) is -10.5. The molecule has 4 rings (SSSR count). The normalized spacial score (nSPS) is 17.7. The van der Waals surface area contributed by atoms with Crippen molar-refractivity contribution in [1.82, 2.24) is 58.5 Å². The van der Waals surface area contributed by atoms with E-state index in [1.807, 2.05) is 24.0 Å². The molecule has 1 aliphatic heterocycles. The molecular weight excluding hydrogens is 1250 g/mol. The van der Waals surface area contributed by atoms with Crippen LogP contribution in [0.15, 0.2) is 89.1 Å². The lowest BCUT2D eigenvalue weighted by Gasteiger charge is -2.28. The highest BCUT2D eigenvalue weighted by Crippen LogP contribution is 2.24. The fourth-order valence-corrected chi connectivity index (χ4v) is 9.21. The fraction of sp³-hybridized carbons (Fsp3) is 0.524. The van der Waals surface area contributed by atoms with E-state index in [1.54, 1.807) is 90.9 Å². The van der Waals surface area contributed by atoms with Crippen molar-refractivity contribution in [3.8, 4) is 0 Å². The summed E-state index contributed by atoms with van der Waals surface area (Å²) in [6.07, 6.45) is -4.39. The number of primary amides is 1. The number of esters is 1. The maximum atomic E-state index is 14.7. The zero-order valence-electron chi connectivity index (χ0n) is 55.4. The van der Waals surface area contributed by atoms with Gasteiger partial charge >= 0.3 is 18.2 Å². The molecule has 0 bridgehead atoms. The predicted molar refractivity (Wildman–Crippen MR) is 348 cm³/mol. The van der Waals surface area contributed by atoms with Gasteiger partial charge in [0.25, 0.3) is 5.69 Å². The molecule has 1 saturated heterocycles. The smallest absolute Gasteiger partial charge is 0.408 e. The van der Waals surface area contributed by atoms with Crippen molar-refractivity contribution in [2.24, 2.45) is 27.8 Å². The van der Waals surface area contributed by atoms with Crippen LogP contribution in [0.1, 0.15) is 100.0 Å². The number of ether oxygens (including phenoxy) is 3. The van der Waals surface area contributed by atoms with Crippen molar-refractivity contribution >= 4 is 94.1 Å². The molecule has 1 aliphatic rings. The topological polar surface area (TPSA) is 462 Å². The van der Waals surface area contributed by atoms with Gasteiger partial charge in [0.15, 0.2) is 0 Å². The summed E-state index contributed by atoms with van der Waals surface area (Å²) in [6.45, 7) is 13.8. The number of nitro benzene ring substituents is 1. The number of likely N-dealkylation sites (N-methyl/N-ethyl adjacent to an activating group) is 1. The number of rotatable bonds is 31. The van der Waals surface area contributed by atoms with E-state index in [0.29, 0.717) is 36.6 Å². The van der Waals surface area contributed by atoms with Crippen LogP contribution in [0.3, 0.4) is 0 Å². The molecule has 524 valence electrons. The van der Waals surface area contributed by atoms with Gasteiger partial charge in [-0.25, -0.2) is 9.59 Å². The molecule has 1 fully saturated rings. The number of alkyl carbamates (subject to hydrolysis) is 2. The number of nitrogens with two attached hydrogens (primary N) is 1. The molecule has 1 heterocycles. The molecule has 33 heteroatoms. The molecule has 11 amide bonds. The average Bonchev–Trinajstić information content (AvgIpc) is 1.40. The molecule has 0 aliphatic carbocycles. The molecule has 0 spiro atoms. The molecule has 3 aromatic carbocycles. The summed E-state index contributed by atoms with van der Waals surface area (Å²) in [5, 5.41) is 47.3. The summed E-state index contributed by atoms with van der Waals surface area (Å²) in [4.78, 5) is 176. The number of amides is 11. The Morgan fingerprint density at radius 2 is 1.42 bits per heavy atom. The quantitative estimate of drug-likeness (QED) is 0.0109. The van der Waals surface area contributed by atoms with Gasteiger partial charge < -0.3 is 83.3 Å². The van der Waals surface area contributed by atoms with E-state index in [9.17, 15) is 67.6 Å². The number of unbranched alkanes of at least 4 members (excludes halogenated alkanes) is 1. The van der Waals surface area contributed by atoms with Gasteiger partial charge in [-0.05, 0) is 114 Å². The number of benzene rings is 3. The van der Waals surface area contributed by atoms with Crippen LogP contribution in [0.2, 0.25) is 0 Å². The molecule has 0 aromatic heterocycles. The number of anilines is 1. The molecule has 0 saturated carbocycles. The van der Waals surface area contributed by atoms with Crippen molar-refractivity contribution in [3.05, 3.63) is 94.5 Å². The first-order valence-corrected chi connectivity index (χ1v) is 31.4. The Kier molecular flexibility index (Phi) is 32.0. The van der Waals surface area contributed by atoms with E-state index in [1.165, 1.54) is 31.2 Å². The van der Waals surface area contributed by atoms with Crippen LogP contribution < -0.4 is 69.1 Å². The second-order valence-electron chi connectivity index (χ2n) is 24.1. The monoisotopic (exact) mass is 1340 g/mol. The zero-order valence-corrected chi connectivity index (χ0v) is 55.4. The van der Waals surface area contributed by atoms with Gasteiger partial charge in [0.05, 0.1) is 42.4 Å². The van der Waals surface area contributed by atoms with Gasteiger partial charge in [-0.3, -0.25) is 58.1 Å². The third-order valence-corrected chi connectivity index (χ3v) is 14.2. The minimum Gasteiger partial charge on any atom is -0.460 e.